The van der Waals surface area contributed by atoms with Gasteiger partial charge >= 0.3 is 0 Å². The largest absolute Gasteiger partial charge is 0.317 e. The lowest BCUT2D eigenvalue weighted by Gasteiger charge is -2.44. The average molecular weight is 258 g/mol. The Kier molecular flexibility index (Phi) is 3.90. The van der Waals surface area contributed by atoms with E-state index in [2.05, 4.69) is 48.5 Å². The Morgan fingerprint density at radius 1 is 1.16 bits per heavy atom. The van der Waals surface area contributed by atoms with Crippen LogP contribution in [0.4, 0.5) is 0 Å². The molecular formula is C17H26N2. The SMILES string of the molecule is CNC1CCN(C2CCc3ccccc3C2)C(C)C1. The van der Waals surface area contributed by atoms with Crippen molar-refractivity contribution in [3.8, 4) is 0 Å². The van der Waals surface area contributed by atoms with Crippen molar-refractivity contribution in [3.05, 3.63) is 35.4 Å². The molecule has 2 nitrogen and oxygen atoms in total. The lowest BCUT2D eigenvalue weighted by Crippen LogP contribution is -2.52. The summed E-state index contributed by atoms with van der Waals surface area (Å²) in [4.78, 5) is 2.77. The lowest BCUT2D eigenvalue weighted by atomic mass is 9.85. The quantitative estimate of drug-likeness (QED) is 0.877. The second kappa shape index (κ2) is 5.64. The summed E-state index contributed by atoms with van der Waals surface area (Å²) in [5.41, 5.74) is 3.17. The molecule has 1 aliphatic heterocycles. The molecule has 2 aliphatic rings. The molecule has 0 spiro atoms. The molecule has 1 saturated heterocycles. The summed E-state index contributed by atoms with van der Waals surface area (Å²) in [7, 11) is 2.10. The van der Waals surface area contributed by atoms with Crippen molar-refractivity contribution in [2.75, 3.05) is 13.6 Å². The molecule has 3 rings (SSSR count). The molecule has 0 aromatic heterocycles. The molecule has 1 heterocycles. The highest BCUT2D eigenvalue weighted by molar-refractivity contribution is 5.30. The second-order valence-electron chi connectivity index (χ2n) is 6.26. The fourth-order valence-electron chi connectivity index (χ4n) is 3.96. The van der Waals surface area contributed by atoms with E-state index in [0.29, 0.717) is 0 Å². The molecule has 104 valence electrons. The van der Waals surface area contributed by atoms with Gasteiger partial charge in [-0.1, -0.05) is 24.3 Å². The molecule has 0 amide bonds. The average Bonchev–Trinajstić information content (AvgIpc) is 2.46. The number of hydrogen-bond acceptors (Lipinski definition) is 2. The predicted octanol–water partition coefficient (Wildman–Crippen LogP) is 2.62. The summed E-state index contributed by atoms with van der Waals surface area (Å²) < 4.78 is 0. The van der Waals surface area contributed by atoms with Gasteiger partial charge in [-0.25, -0.2) is 0 Å². The van der Waals surface area contributed by atoms with Gasteiger partial charge < -0.3 is 5.32 Å². The number of nitrogens with zero attached hydrogens (tertiary/aromatic N) is 1. The molecule has 1 fully saturated rings. The van der Waals surface area contributed by atoms with Gasteiger partial charge in [-0.05, 0) is 57.2 Å². The predicted molar refractivity (Wildman–Crippen MR) is 80.5 cm³/mol. The molecule has 1 aliphatic carbocycles. The molecule has 0 bridgehead atoms. The van der Waals surface area contributed by atoms with Crippen LogP contribution in [0.25, 0.3) is 0 Å². The Balaban J connectivity index is 1.68. The van der Waals surface area contributed by atoms with Gasteiger partial charge in [0.25, 0.3) is 0 Å². The molecule has 19 heavy (non-hydrogen) atoms. The Hall–Kier alpha value is -0.860. The molecule has 0 saturated carbocycles. The van der Waals surface area contributed by atoms with Crippen LogP contribution in [0.5, 0.6) is 0 Å². The van der Waals surface area contributed by atoms with Gasteiger partial charge in [0.15, 0.2) is 0 Å². The molecule has 0 radical (unpaired) electrons. The van der Waals surface area contributed by atoms with E-state index < -0.39 is 0 Å². The highest BCUT2D eigenvalue weighted by Crippen LogP contribution is 2.28. The maximum absolute atomic E-state index is 3.45. The van der Waals surface area contributed by atoms with Crippen molar-refractivity contribution in [1.82, 2.24) is 10.2 Å². The number of hydrogen-bond donors (Lipinski definition) is 1. The van der Waals surface area contributed by atoms with E-state index >= 15 is 0 Å². The minimum absolute atomic E-state index is 0.724. The molecular weight excluding hydrogens is 232 g/mol. The smallest absolute Gasteiger partial charge is 0.0142 e. The number of fused-ring (bicyclic) bond motifs is 1. The van der Waals surface area contributed by atoms with Gasteiger partial charge in [0.05, 0.1) is 0 Å². The third-order valence-corrected chi connectivity index (χ3v) is 5.13. The monoisotopic (exact) mass is 258 g/mol. The van der Waals surface area contributed by atoms with E-state index in [1.165, 1.54) is 38.6 Å². The van der Waals surface area contributed by atoms with E-state index in [9.17, 15) is 0 Å². The van der Waals surface area contributed by atoms with Crippen LogP contribution < -0.4 is 5.32 Å². The fraction of sp³-hybridized carbons (Fsp3) is 0.647. The van der Waals surface area contributed by atoms with Crippen molar-refractivity contribution in [3.63, 3.8) is 0 Å². The van der Waals surface area contributed by atoms with E-state index in [-0.39, 0.29) is 0 Å². The van der Waals surface area contributed by atoms with Crippen molar-refractivity contribution in [1.29, 1.82) is 0 Å². The summed E-state index contributed by atoms with van der Waals surface area (Å²) in [6.45, 7) is 3.67. The summed E-state index contributed by atoms with van der Waals surface area (Å²) in [5.74, 6) is 0. The summed E-state index contributed by atoms with van der Waals surface area (Å²) >= 11 is 0. The number of nitrogens with one attached hydrogen (secondary N) is 1. The van der Waals surface area contributed by atoms with Crippen molar-refractivity contribution < 1.29 is 0 Å². The van der Waals surface area contributed by atoms with Crippen molar-refractivity contribution in [2.45, 2.75) is 57.2 Å². The van der Waals surface area contributed by atoms with Crippen LogP contribution in [0.15, 0.2) is 24.3 Å². The molecule has 1 N–H and O–H groups in total. The Morgan fingerprint density at radius 2 is 1.95 bits per heavy atom. The van der Waals surface area contributed by atoms with E-state index in [4.69, 9.17) is 0 Å². The minimum Gasteiger partial charge on any atom is -0.317 e. The minimum atomic E-state index is 0.724. The van der Waals surface area contributed by atoms with Crippen LogP contribution in [0.3, 0.4) is 0 Å². The zero-order chi connectivity index (χ0) is 13.2. The first-order valence-corrected chi connectivity index (χ1v) is 7.77. The lowest BCUT2D eigenvalue weighted by molar-refractivity contribution is 0.0816. The molecule has 1 aromatic rings. The number of benzene rings is 1. The Morgan fingerprint density at radius 3 is 2.68 bits per heavy atom. The molecule has 2 heteroatoms. The molecule has 3 unspecified atom stereocenters. The van der Waals surface area contributed by atoms with Gasteiger partial charge in [0.1, 0.15) is 0 Å². The summed E-state index contributed by atoms with van der Waals surface area (Å²) in [6.07, 6.45) is 6.46. The number of piperidine rings is 1. The first-order valence-electron chi connectivity index (χ1n) is 7.77. The third kappa shape index (κ3) is 2.70. The highest BCUT2D eigenvalue weighted by atomic mass is 15.2. The van der Waals surface area contributed by atoms with Gasteiger partial charge in [-0.3, -0.25) is 4.90 Å². The van der Waals surface area contributed by atoms with E-state index in [1.54, 1.807) is 11.1 Å². The Labute approximate surface area is 117 Å². The number of rotatable bonds is 2. The topological polar surface area (TPSA) is 15.3 Å². The van der Waals surface area contributed by atoms with Gasteiger partial charge in [0.2, 0.25) is 0 Å². The maximum atomic E-state index is 3.45. The van der Waals surface area contributed by atoms with Crippen LogP contribution >= 0.6 is 0 Å². The highest BCUT2D eigenvalue weighted by Gasteiger charge is 2.31. The summed E-state index contributed by atoms with van der Waals surface area (Å²) in [5, 5.41) is 3.45. The van der Waals surface area contributed by atoms with E-state index in [1.807, 2.05) is 0 Å². The van der Waals surface area contributed by atoms with Crippen LogP contribution in [0.2, 0.25) is 0 Å². The molecule has 3 atom stereocenters. The van der Waals surface area contributed by atoms with Crippen molar-refractivity contribution >= 4 is 0 Å². The first-order chi connectivity index (χ1) is 9.28. The summed E-state index contributed by atoms with van der Waals surface area (Å²) in [6, 6.07) is 11.2. The van der Waals surface area contributed by atoms with Gasteiger partial charge in [0, 0.05) is 24.7 Å². The zero-order valence-corrected chi connectivity index (χ0v) is 12.2. The molecule has 1 aromatic carbocycles. The van der Waals surface area contributed by atoms with Crippen LogP contribution in [-0.4, -0.2) is 36.6 Å². The fourth-order valence-corrected chi connectivity index (χ4v) is 3.96. The van der Waals surface area contributed by atoms with Crippen LogP contribution in [0, 0.1) is 0 Å². The van der Waals surface area contributed by atoms with Crippen molar-refractivity contribution in [2.24, 2.45) is 0 Å². The second-order valence-corrected chi connectivity index (χ2v) is 6.26. The number of aryl methyl sites for hydroxylation is 1. The van der Waals surface area contributed by atoms with E-state index in [0.717, 1.165) is 18.1 Å². The number of likely N-dealkylation sites (tertiary alicyclic amines) is 1. The maximum Gasteiger partial charge on any atom is 0.0142 e. The van der Waals surface area contributed by atoms with Crippen LogP contribution in [-0.2, 0) is 12.8 Å². The van der Waals surface area contributed by atoms with Crippen LogP contribution in [0.1, 0.15) is 37.3 Å². The third-order valence-electron chi connectivity index (χ3n) is 5.13. The first kappa shape index (κ1) is 13.1. The Bertz CT molecular complexity index is 429. The normalized spacial score (nSPS) is 32.0. The standard InChI is InChI=1S/C17H26N2/c1-13-11-16(18-2)9-10-19(13)17-8-7-14-5-3-4-6-15(14)12-17/h3-6,13,16-18H,7-12H2,1-2H3. The zero-order valence-electron chi connectivity index (χ0n) is 12.2. The van der Waals surface area contributed by atoms with Gasteiger partial charge in [-0.2, -0.15) is 0 Å². The van der Waals surface area contributed by atoms with Gasteiger partial charge in [-0.15, -0.1) is 0 Å².